The minimum absolute atomic E-state index is 0.115. The molecule has 0 saturated carbocycles. The van der Waals surface area contributed by atoms with Crippen LogP contribution in [0.2, 0.25) is 18.1 Å². The number of urea groups is 1. The van der Waals surface area contributed by atoms with Crippen LogP contribution in [0.3, 0.4) is 0 Å². The lowest BCUT2D eigenvalue weighted by Crippen LogP contribution is -2.39. The molecule has 3 N–H and O–H groups in total. The van der Waals surface area contributed by atoms with E-state index in [-0.39, 0.29) is 28.8 Å². The van der Waals surface area contributed by atoms with E-state index in [4.69, 9.17) is 0 Å². The highest BCUT2D eigenvalue weighted by Crippen LogP contribution is 2.39. The third-order valence-corrected chi connectivity index (χ3v) is 10.3. The largest absolute Gasteiger partial charge is 0.432 e. The van der Waals surface area contributed by atoms with Crippen molar-refractivity contribution >= 4 is 20.0 Å². The summed E-state index contributed by atoms with van der Waals surface area (Å²) in [4.78, 5) is 27.5. The summed E-state index contributed by atoms with van der Waals surface area (Å²) < 4.78 is 15.5. The zero-order valence-corrected chi connectivity index (χ0v) is 23.3. The first-order valence-corrected chi connectivity index (χ1v) is 15.2. The van der Waals surface area contributed by atoms with Crippen LogP contribution in [0.4, 0.5) is 14.9 Å². The molecule has 0 radical (unpaired) electrons. The Labute approximate surface area is 214 Å². The average molecular weight is 512 g/mol. The molecule has 0 bridgehead atoms. The smallest absolute Gasteiger partial charge is 0.319 e. The van der Waals surface area contributed by atoms with Crippen LogP contribution >= 0.6 is 0 Å². The average Bonchev–Trinajstić information content (AvgIpc) is 3.21. The fourth-order valence-corrected chi connectivity index (χ4v) is 4.22. The van der Waals surface area contributed by atoms with E-state index in [1.807, 2.05) is 31.3 Å². The summed E-state index contributed by atoms with van der Waals surface area (Å²) in [6.07, 6.45) is 3.24. The molecule has 2 amide bonds. The predicted molar refractivity (Wildman–Crippen MR) is 144 cm³/mol. The number of nitrogens with one attached hydrogen (secondary N) is 2. The van der Waals surface area contributed by atoms with Gasteiger partial charge >= 0.3 is 6.03 Å². The molecule has 2 aromatic heterocycles. The van der Waals surface area contributed by atoms with E-state index in [0.717, 1.165) is 29.9 Å². The van der Waals surface area contributed by atoms with Gasteiger partial charge < -0.3 is 15.4 Å². The third kappa shape index (κ3) is 7.01. The van der Waals surface area contributed by atoms with E-state index in [1.165, 1.54) is 12.1 Å². The van der Waals surface area contributed by atoms with Gasteiger partial charge in [-0.1, -0.05) is 40.7 Å². The van der Waals surface area contributed by atoms with Crippen LogP contribution < -0.4 is 10.6 Å². The van der Waals surface area contributed by atoms with Crippen molar-refractivity contribution in [2.24, 2.45) is 0 Å². The highest BCUT2D eigenvalue weighted by atomic mass is 28.4. The van der Waals surface area contributed by atoms with Crippen molar-refractivity contribution in [2.45, 2.75) is 77.6 Å². The zero-order valence-electron chi connectivity index (χ0n) is 22.3. The van der Waals surface area contributed by atoms with Crippen LogP contribution in [0, 0.1) is 5.82 Å². The molecule has 0 atom stereocenters. The summed E-state index contributed by atoms with van der Waals surface area (Å²) >= 11 is 0. The van der Waals surface area contributed by atoms with Crippen molar-refractivity contribution in [3.63, 3.8) is 0 Å². The van der Waals surface area contributed by atoms with Gasteiger partial charge in [0.2, 0.25) is 0 Å². The molecule has 1 aromatic carbocycles. The van der Waals surface area contributed by atoms with Gasteiger partial charge in [0.25, 0.3) is 0 Å². The second-order valence-corrected chi connectivity index (χ2v) is 15.9. The van der Waals surface area contributed by atoms with Gasteiger partial charge in [0, 0.05) is 11.1 Å². The van der Waals surface area contributed by atoms with Gasteiger partial charge in [-0.2, -0.15) is 5.10 Å². The molecule has 0 spiro atoms. The van der Waals surface area contributed by atoms with Gasteiger partial charge in [-0.25, -0.2) is 13.9 Å². The Morgan fingerprint density at radius 3 is 2.42 bits per heavy atom. The fourth-order valence-electron chi connectivity index (χ4n) is 3.48. The lowest BCUT2D eigenvalue weighted by atomic mass is 9.92. The van der Waals surface area contributed by atoms with Crippen molar-refractivity contribution in [1.29, 1.82) is 0 Å². The number of hydrogen-bond acceptors (Lipinski definition) is 4. The molecule has 3 aromatic rings. The maximum absolute atomic E-state index is 13.8. The lowest BCUT2D eigenvalue weighted by molar-refractivity contribution is 0.251. The summed E-state index contributed by atoms with van der Waals surface area (Å²) in [5, 5.41) is 10.2. The monoisotopic (exact) mass is 511 g/mol. The summed E-state index contributed by atoms with van der Waals surface area (Å²) in [7, 11) is -2.26. The predicted octanol–water partition coefficient (Wildman–Crippen LogP) is 5.94. The molecule has 0 aliphatic heterocycles. The van der Waals surface area contributed by atoms with Crippen LogP contribution in [0.15, 0.2) is 48.7 Å². The van der Waals surface area contributed by atoms with Gasteiger partial charge in [-0.05, 0) is 67.4 Å². The number of carbonyl (C=O) groups excluding carboxylic acids is 1. The standard InChI is InChI=1S/C27H38FN5O2Si/c1-26(2,3)24-16-23(33(32-24)22-10-8-9-19(28)15-22)18-30-25(34)31-21-12-11-20(29-17-21)13-14-27(4,5)36(6,7)35/h8-12,15-17,35H,13-14,18H2,1-7H3,(H2,30,31,34). The van der Waals surface area contributed by atoms with E-state index in [0.29, 0.717) is 11.4 Å². The second kappa shape index (κ2) is 10.5. The summed E-state index contributed by atoms with van der Waals surface area (Å²) in [5.41, 5.74) is 3.49. The van der Waals surface area contributed by atoms with Crippen molar-refractivity contribution < 1.29 is 14.0 Å². The summed E-state index contributed by atoms with van der Waals surface area (Å²) in [6.45, 7) is 14.5. The number of hydrogen-bond donors (Lipinski definition) is 3. The Bertz CT molecular complexity index is 1190. The molecule has 0 aliphatic rings. The first kappa shape index (κ1) is 27.5. The molecule has 36 heavy (non-hydrogen) atoms. The van der Waals surface area contributed by atoms with E-state index in [9.17, 15) is 14.0 Å². The van der Waals surface area contributed by atoms with Crippen LogP contribution in [0.1, 0.15) is 58.1 Å². The molecule has 9 heteroatoms. The number of benzene rings is 1. The van der Waals surface area contributed by atoms with Crippen LogP contribution in [0.5, 0.6) is 0 Å². The highest BCUT2D eigenvalue weighted by Gasteiger charge is 2.37. The summed E-state index contributed by atoms with van der Waals surface area (Å²) in [5.74, 6) is -0.348. The van der Waals surface area contributed by atoms with Crippen molar-refractivity contribution in [2.75, 3.05) is 5.32 Å². The Morgan fingerprint density at radius 2 is 1.83 bits per heavy atom. The van der Waals surface area contributed by atoms with Gasteiger partial charge in [0.05, 0.1) is 35.5 Å². The first-order valence-electron chi connectivity index (χ1n) is 12.2. The van der Waals surface area contributed by atoms with Gasteiger partial charge in [0.15, 0.2) is 8.32 Å². The second-order valence-electron chi connectivity index (χ2n) is 11.5. The van der Waals surface area contributed by atoms with Crippen LogP contribution in [0.25, 0.3) is 5.69 Å². The van der Waals surface area contributed by atoms with E-state index in [2.05, 4.69) is 55.3 Å². The van der Waals surface area contributed by atoms with Crippen molar-refractivity contribution in [3.05, 3.63) is 71.6 Å². The molecule has 194 valence electrons. The maximum atomic E-state index is 13.8. The molecule has 0 fully saturated rings. The number of rotatable bonds is 8. The van der Waals surface area contributed by atoms with Gasteiger partial charge in [-0.15, -0.1) is 0 Å². The fraction of sp³-hybridized carbons (Fsp3) is 0.444. The van der Waals surface area contributed by atoms with E-state index in [1.54, 1.807) is 23.0 Å². The topological polar surface area (TPSA) is 92.1 Å². The molecule has 3 rings (SSSR count). The number of amides is 2. The molecule has 7 nitrogen and oxygen atoms in total. The SMILES string of the molecule is CC(C)(C)c1cc(CNC(=O)Nc2ccc(CCC(C)(C)[Si](C)(C)O)nc2)n(-c2cccc(F)c2)n1. The van der Waals surface area contributed by atoms with Crippen LogP contribution in [-0.2, 0) is 18.4 Å². The minimum atomic E-state index is -2.26. The number of anilines is 1. The van der Waals surface area contributed by atoms with Crippen LogP contribution in [-0.4, -0.2) is 33.9 Å². The number of aromatic nitrogens is 3. The number of nitrogens with zero attached hydrogens (tertiary/aromatic N) is 3. The molecule has 2 heterocycles. The number of aryl methyl sites for hydroxylation is 1. The Morgan fingerprint density at radius 1 is 1.11 bits per heavy atom. The minimum Gasteiger partial charge on any atom is -0.432 e. The Balaban J connectivity index is 1.64. The number of pyridine rings is 1. The Kier molecular flexibility index (Phi) is 8.05. The zero-order chi connectivity index (χ0) is 26.7. The van der Waals surface area contributed by atoms with E-state index >= 15 is 0 Å². The van der Waals surface area contributed by atoms with Gasteiger partial charge in [0.1, 0.15) is 5.82 Å². The number of carbonyl (C=O) groups is 1. The van der Waals surface area contributed by atoms with E-state index < -0.39 is 8.32 Å². The molecular weight excluding hydrogens is 473 g/mol. The van der Waals surface area contributed by atoms with Crippen molar-refractivity contribution in [3.8, 4) is 5.69 Å². The molecular formula is C27H38FN5O2Si. The number of halogens is 1. The van der Waals surface area contributed by atoms with Gasteiger partial charge in [-0.3, -0.25) is 4.98 Å². The third-order valence-electron chi connectivity index (χ3n) is 6.78. The van der Waals surface area contributed by atoms with Crippen molar-refractivity contribution in [1.82, 2.24) is 20.1 Å². The Hall–Kier alpha value is -3.04. The maximum Gasteiger partial charge on any atom is 0.319 e. The summed E-state index contributed by atoms with van der Waals surface area (Å²) in [6, 6.07) is 11.5. The molecule has 0 unspecified atom stereocenters. The molecule has 0 aliphatic carbocycles. The first-order chi connectivity index (χ1) is 16.7. The molecule has 0 saturated heterocycles. The normalized spacial score (nSPS) is 12.5. The highest BCUT2D eigenvalue weighted by molar-refractivity contribution is 6.72. The lowest BCUT2D eigenvalue weighted by Gasteiger charge is -2.35. The quantitative estimate of drug-likeness (QED) is 0.327.